The van der Waals surface area contributed by atoms with Crippen molar-refractivity contribution >= 4 is 44.8 Å². The normalized spacial score (nSPS) is 11.9. The van der Waals surface area contributed by atoms with Gasteiger partial charge < -0.3 is 10.2 Å². The van der Waals surface area contributed by atoms with Crippen molar-refractivity contribution in [2.75, 3.05) is 10.8 Å². The maximum atomic E-state index is 14.4. The van der Waals surface area contributed by atoms with Crippen molar-refractivity contribution in [1.29, 1.82) is 0 Å². The second kappa shape index (κ2) is 14.8. The zero-order valence-electron chi connectivity index (χ0n) is 24.7. The van der Waals surface area contributed by atoms with Gasteiger partial charge in [0.1, 0.15) is 12.6 Å². The molecule has 0 heterocycles. The van der Waals surface area contributed by atoms with Crippen molar-refractivity contribution in [2.45, 2.75) is 43.8 Å². The number of amides is 2. The quantitative estimate of drug-likeness (QED) is 0.148. The van der Waals surface area contributed by atoms with Gasteiger partial charge in [0.05, 0.1) is 15.5 Å². The van der Waals surface area contributed by atoms with E-state index >= 15 is 0 Å². The van der Waals surface area contributed by atoms with Crippen LogP contribution in [0.3, 0.4) is 0 Å². The molecular formula is C33H33ClN4O6S. The number of non-ortho nitro benzene ring substituents is 1. The lowest BCUT2D eigenvalue weighted by Gasteiger charge is -2.34. The van der Waals surface area contributed by atoms with Gasteiger partial charge in [0, 0.05) is 36.2 Å². The van der Waals surface area contributed by atoms with Crippen LogP contribution in [-0.4, -0.2) is 48.7 Å². The monoisotopic (exact) mass is 648 g/mol. The van der Waals surface area contributed by atoms with Crippen molar-refractivity contribution in [2.24, 2.45) is 0 Å². The summed E-state index contributed by atoms with van der Waals surface area (Å²) in [7, 11) is -4.39. The largest absolute Gasteiger partial charge is 0.352 e. The van der Waals surface area contributed by atoms with Gasteiger partial charge in [-0.1, -0.05) is 84.4 Å². The minimum absolute atomic E-state index is 0.0784. The molecule has 1 atom stereocenters. The summed E-state index contributed by atoms with van der Waals surface area (Å²) < 4.78 is 28.8. The third-order valence-electron chi connectivity index (χ3n) is 6.94. The second-order valence-electron chi connectivity index (χ2n) is 10.6. The highest BCUT2D eigenvalue weighted by Gasteiger charge is 2.35. The molecule has 0 aliphatic carbocycles. The molecule has 1 N–H and O–H groups in total. The fourth-order valence-electron chi connectivity index (χ4n) is 4.75. The molecule has 234 valence electrons. The van der Waals surface area contributed by atoms with E-state index < -0.39 is 39.3 Å². The van der Waals surface area contributed by atoms with E-state index in [1.807, 2.05) is 30.3 Å². The molecule has 0 saturated heterocycles. The van der Waals surface area contributed by atoms with Crippen LogP contribution in [-0.2, 0) is 32.6 Å². The molecule has 2 amide bonds. The van der Waals surface area contributed by atoms with E-state index in [1.165, 1.54) is 47.4 Å². The molecule has 10 nitrogen and oxygen atoms in total. The van der Waals surface area contributed by atoms with E-state index in [4.69, 9.17) is 11.6 Å². The summed E-state index contributed by atoms with van der Waals surface area (Å²) in [4.78, 5) is 40.3. The Kier molecular flexibility index (Phi) is 10.9. The lowest BCUT2D eigenvalue weighted by Crippen LogP contribution is -2.54. The molecule has 4 rings (SSSR count). The van der Waals surface area contributed by atoms with Gasteiger partial charge in [-0.2, -0.15) is 0 Å². The van der Waals surface area contributed by atoms with Crippen LogP contribution in [0.25, 0.3) is 0 Å². The average Bonchev–Trinajstić information content (AvgIpc) is 3.02. The number of carbonyl (C=O) groups excluding carboxylic acids is 2. The standard InChI is InChI=1S/C33H33ClN4O6S/c1-24(2)35-33(40)31(20-25-12-5-3-6-13-25)36(22-26-14-9-10-19-30(26)34)32(39)23-37(27-15-11-16-28(21-27)38(41)42)45(43,44)29-17-7-4-8-18-29/h3-19,21,24,31H,20,22-23H2,1-2H3,(H,35,40)/t31-/m1/s1. The number of nitrogens with zero attached hydrogens (tertiary/aromatic N) is 3. The van der Waals surface area contributed by atoms with E-state index in [1.54, 1.807) is 44.2 Å². The van der Waals surface area contributed by atoms with Gasteiger partial charge in [-0.3, -0.25) is 24.0 Å². The van der Waals surface area contributed by atoms with Crippen molar-refractivity contribution in [3.63, 3.8) is 0 Å². The number of carbonyl (C=O) groups is 2. The fourth-order valence-corrected chi connectivity index (χ4v) is 6.38. The third kappa shape index (κ3) is 8.46. The predicted octanol–water partition coefficient (Wildman–Crippen LogP) is 5.61. The molecule has 0 saturated carbocycles. The average molecular weight is 649 g/mol. The molecule has 0 unspecified atom stereocenters. The number of rotatable bonds is 13. The zero-order chi connectivity index (χ0) is 32.6. The lowest BCUT2D eigenvalue weighted by molar-refractivity contribution is -0.384. The van der Waals surface area contributed by atoms with Crippen LogP contribution < -0.4 is 9.62 Å². The Morgan fingerprint density at radius 2 is 1.51 bits per heavy atom. The Labute approximate surface area is 267 Å². The van der Waals surface area contributed by atoms with Crippen molar-refractivity contribution in [3.8, 4) is 0 Å². The van der Waals surface area contributed by atoms with Crippen LogP contribution in [0.1, 0.15) is 25.0 Å². The summed E-state index contributed by atoms with van der Waals surface area (Å²) in [6.45, 7) is 2.75. The Hall–Kier alpha value is -4.74. The van der Waals surface area contributed by atoms with Crippen LogP contribution in [0, 0.1) is 10.1 Å². The summed E-state index contributed by atoms with van der Waals surface area (Å²) in [5, 5.41) is 14.8. The van der Waals surface area contributed by atoms with Gasteiger partial charge in [-0.05, 0) is 49.2 Å². The number of benzene rings is 4. The summed E-state index contributed by atoms with van der Waals surface area (Å²) in [6, 6.07) is 27.3. The number of nitro groups is 1. The number of hydrogen-bond donors (Lipinski definition) is 1. The molecular weight excluding hydrogens is 616 g/mol. The first kappa shape index (κ1) is 33.2. The van der Waals surface area contributed by atoms with Crippen LogP contribution in [0.4, 0.5) is 11.4 Å². The molecule has 45 heavy (non-hydrogen) atoms. The van der Waals surface area contributed by atoms with E-state index in [0.29, 0.717) is 10.6 Å². The number of anilines is 1. The van der Waals surface area contributed by atoms with E-state index in [0.717, 1.165) is 15.9 Å². The van der Waals surface area contributed by atoms with E-state index in [2.05, 4.69) is 5.32 Å². The molecule has 0 bridgehead atoms. The van der Waals surface area contributed by atoms with Crippen molar-refractivity contribution in [1.82, 2.24) is 10.2 Å². The summed E-state index contributed by atoms with van der Waals surface area (Å²) in [5.41, 5.74) is 0.909. The minimum atomic E-state index is -4.39. The first-order valence-corrected chi connectivity index (χ1v) is 16.0. The van der Waals surface area contributed by atoms with E-state index in [9.17, 15) is 28.1 Å². The van der Waals surface area contributed by atoms with Crippen LogP contribution in [0.2, 0.25) is 5.02 Å². The molecule has 0 fully saturated rings. The summed E-state index contributed by atoms with van der Waals surface area (Å²) >= 11 is 6.49. The molecule has 12 heteroatoms. The number of nitrogens with one attached hydrogen (secondary N) is 1. The maximum absolute atomic E-state index is 14.4. The third-order valence-corrected chi connectivity index (χ3v) is 9.10. The molecule has 0 radical (unpaired) electrons. The van der Waals surface area contributed by atoms with Crippen LogP contribution >= 0.6 is 11.6 Å². The maximum Gasteiger partial charge on any atom is 0.271 e. The van der Waals surface area contributed by atoms with Crippen molar-refractivity contribution in [3.05, 3.63) is 135 Å². The highest BCUT2D eigenvalue weighted by atomic mass is 35.5. The SMILES string of the molecule is CC(C)NC(=O)[C@@H](Cc1ccccc1)N(Cc1ccccc1Cl)C(=O)CN(c1cccc([N+](=O)[O-])c1)S(=O)(=O)c1ccccc1. The first-order valence-electron chi connectivity index (χ1n) is 14.2. The number of hydrogen-bond acceptors (Lipinski definition) is 6. The topological polar surface area (TPSA) is 130 Å². The second-order valence-corrected chi connectivity index (χ2v) is 12.9. The Morgan fingerprint density at radius 1 is 0.889 bits per heavy atom. The van der Waals surface area contributed by atoms with Crippen LogP contribution in [0.5, 0.6) is 0 Å². The van der Waals surface area contributed by atoms with Gasteiger partial charge in [0.2, 0.25) is 11.8 Å². The first-order chi connectivity index (χ1) is 21.5. The van der Waals surface area contributed by atoms with E-state index in [-0.39, 0.29) is 35.3 Å². The molecule has 0 spiro atoms. The Morgan fingerprint density at radius 3 is 2.13 bits per heavy atom. The molecule has 0 aliphatic heterocycles. The minimum Gasteiger partial charge on any atom is -0.352 e. The molecule has 0 aromatic heterocycles. The molecule has 0 aliphatic rings. The van der Waals surface area contributed by atoms with Gasteiger partial charge in [-0.15, -0.1) is 0 Å². The number of nitro benzene ring substituents is 1. The number of halogens is 1. The van der Waals surface area contributed by atoms with Crippen LogP contribution in [0.15, 0.2) is 114 Å². The smallest absolute Gasteiger partial charge is 0.271 e. The van der Waals surface area contributed by atoms with Gasteiger partial charge in [0.15, 0.2) is 0 Å². The molecule has 4 aromatic carbocycles. The van der Waals surface area contributed by atoms with Gasteiger partial charge >= 0.3 is 0 Å². The summed E-state index contributed by atoms with van der Waals surface area (Å²) in [6.07, 6.45) is 0.137. The number of sulfonamides is 1. The highest BCUT2D eigenvalue weighted by molar-refractivity contribution is 7.92. The fraction of sp³-hybridized carbons (Fsp3) is 0.212. The Balaban J connectivity index is 1.84. The highest BCUT2D eigenvalue weighted by Crippen LogP contribution is 2.28. The zero-order valence-corrected chi connectivity index (χ0v) is 26.3. The van der Waals surface area contributed by atoms with Gasteiger partial charge in [-0.25, -0.2) is 8.42 Å². The Bertz CT molecular complexity index is 1750. The summed E-state index contributed by atoms with van der Waals surface area (Å²) in [5.74, 6) is -1.14. The molecule has 4 aromatic rings. The lowest BCUT2D eigenvalue weighted by atomic mass is 10.0. The predicted molar refractivity (Wildman–Crippen MR) is 173 cm³/mol. The van der Waals surface area contributed by atoms with Crippen molar-refractivity contribution < 1.29 is 22.9 Å². The van der Waals surface area contributed by atoms with Gasteiger partial charge in [0.25, 0.3) is 15.7 Å².